The zero-order chi connectivity index (χ0) is 17.9. The standard InChI is InChI=1S/C19H17N7/c20-17(15-8-13-5-1-2-6-14(13)26-15)16-18(21)24-11-25-19(16)23-10-12-4-3-7-22-9-12/h1-9,11,20,26H,10H2,(H3,21,23,24,25). The monoisotopic (exact) mass is 343 g/mol. The average molecular weight is 343 g/mol. The molecule has 0 aliphatic heterocycles. The second-order valence-electron chi connectivity index (χ2n) is 5.84. The molecular weight excluding hydrogens is 326 g/mol. The summed E-state index contributed by atoms with van der Waals surface area (Å²) in [5.41, 5.74) is 9.42. The fraction of sp³-hybridized carbons (Fsp3) is 0.0526. The first-order valence-corrected chi connectivity index (χ1v) is 8.12. The van der Waals surface area contributed by atoms with E-state index in [4.69, 9.17) is 11.1 Å². The molecule has 1 aromatic carbocycles. The number of anilines is 2. The average Bonchev–Trinajstić information content (AvgIpc) is 3.11. The van der Waals surface area contributed by atoms with Crippen molar-refractivity contribution in [2.24, 2.45) is 0 Å². The molecular formula is C19H17N7. The number of nitrogens with two attached hydrogens (primary N) is 1. The molecule has 3 aromatic heterocycles. The highest BCUT2D eigenvalue weighted by Crippen LogP contribution is 2.24. The fourth-order valence-electron chi connectivity index (χ4n) is 2.81. The van der Waals surface area contributed by atoms with Gasteiger partial charge in [0, 0.05) is 29.8 Å². The molecule has 26 heavy (non-hydrogen) atoms. The first-order valence-electron chi connectivity index (χ1n) is 8.12. The van der Waals surface area contributed by atoms with E-state index in [0.29, 0.717) is 23.6 Å². The molecule has 0 amide bonds. The van der Waals surface area contributed by atoms with Crippen LogP contribution in [0.25, 0.3) is 10.9 Å². The predicted molar refractivity (Wildman–Crippen MR) is 102 cm³/mol. The number of pyridine rings is 1. The van der Waals surface area contributed by atoms with Crippen molar-refractivity contribution in [2.75, 3.05) is 11.1 Å². The predicted octanol–water partition coefficient (Wildman–Crippen LogP) is 2.96. The highest BCUT2D eigenvalue weighted by Gasteiger charge is 2.17. The summed E-state index contributed by atoms with van der Waals surface area (Å²) in [6.45, 7) is 0.525. The number of benzene rings is 1. The zero-order valence-corrected chi connectivity index (χ0v) is 13.9. The molecule has 0 atom stereocenters. The second kappa shape index (κ2) is 6.64. The first-order chi connectivity index (χ1) is 12.7. The van der Waals surface area contributed by atoms with E-state index in [2.05, 4.69) is 25.3 Å². The van der Waals surface area contributed by atoms with Crippen LogP contribution in [0.2, 0.25) is 0 Å². The van der Waals surface area contributed by atoms with Crippen molar-refractivity contribution in [3.63, 3.8) is 0 Å². The molecule has 0 radical (unpaired) electrons. The lowest BCUT2D eigenvalue weighted by Crippen LogP contribution is -2.14. The number of hydrogen-bond acceptors (Lipinski definition) is 6. The highest BCUT2D eigenvalue weighted by atomic mass is 15.0. The maximum atomic E-state index is 8.62. The Morgan fingerprint density at radius 3 is 2.85 bits per heavy atom. The largest absolute Gasteiger partial charge is 0.383 e. The van der Waals surface area contributed by atoms with E-state index in [1.165, 1.54) is 6.33 Å². The Labute approximate surface area is 149 Å². The normalized spacial score (nSPS) is 10.8. The van der Waals surface area contributed by atoms with E-state index in [0.717, 1.165) is 16.5 Å². The third-order valence-corrected chi connectivity index (χ3v) is 4.11. The Morgan fingerprint density at radius 2 is 2.04 bits per heavy atom. The molecule has 3 heterocycles. The summed E-state index contributed by atoms with van der Waals surface area (Å²) in [6, 6.07) is 13.6. The Kier molecular flexibility index (Phi) is 4.03. The Balaban J connectivity index is 1.67. The van der Waals surface area contributed by atoms with Gasteiger partial charge < -0.3 is 16.0 Å². The minimum Gasteiger partial charge on any atom is -0.383 e. The van der Waals surface area contributed by atoms with Gasteiger partial charge in [0.25, 0.3) is 0 Å². The molecule has 7 heteroatoms. The van der Waals surface area contributed by atoms with Crippen LogP contribution in [0.15, 0.2) is 61.2 Å². The molecule has 4 rings (SSSR count). The number of aromatic nitrogens is 4. The molecule has 0 saturated carbocycles. The van der Waals surface area contributed by atoms with Crippen LogP contribution in [0, 0.1) is 5.41 Å². The Bertz CT molecular complexity index is 1040. The number of fused-ring (bicyclic) bond motifs is 1. The van der Waals surface area contributed by atoms with Crippen molar-refractivity contribution in [3.8, 4) is 0 Å². The lowest BCUT2D eigenvalue weighted by atomic mass is 10.1. The summed E-state index contributed by atoms with van der Waals surface area (Å²) in [6.07, 6.45) is 4.90. The van der Waals surface area contributed by atoms with Gasteiger partial charge in [-0.2, -0.15) is 0 Å². The number of para-hydroxylation sites is 1. The molecule has 5 N–H and O–H groups in total. The third kappa shape index (κ3) is 2.98. The lowest BCUT2D eigenvalue weighted by Gasteiger charge is -2.12. The van der Waals surface area contributed by atoms with Gasteiger partial charge in [-0.25, -0.2) is 9.97 Å². The van der Waals surface area contributed by atoms with E-state index in [-0.39, 0.29) is 11.5 Å². The number of aromatic amines is 1. The molecule has 4 aromatic rings. The van der Waals surface area contributed by atoms with Crippen LogP contribution in [-0.2, 0) is 6.54 Å². The highest BCUT2D eigenvalue weighted by molar-refractivity contribution is 6.16. The molecule has 0 unspecified atom stereocenters. The molecule has 0 aliphatic carbocycles. The number of nitrogen functional groups attached to an aromatic ring is 1. The van der Waals surface area contributed by atoms with E-state index in [9.17, 15) is 0 Å². The minimum absolute atomic E-state index is 0.244. The van der Waals surface area contributed by atoms with Gasteiger partial charge in [-0.15, -0.1) is 0 Å². The molecule has 0 saturated heterocycles. The van der Waals surface area contributed by atoms with Crippen LogP contribution >= 0.6 is 0 Å². The molecule has 7 nitrogen and oxygen atoms in total. The molecule has 128 valence electrons. The van der Waals surface area contributed by atoms with Gasteiger partial charge >= 0.3 is 0 Å². The number of H-pyrrole nitrogens is 1. The van der Waals surface area contributed by atoms with E-state index >= 15 is 0 Å². The van der Waals surface area contributed by atoms with Gasteiger partial charge in [0.05, 0.1) is 17.0 Å². The molecule has 0 spiro atoms. The van der Waals surface area contributed by atoms with Gasteiger partial charge in [-0.05, 0) is 23.8 Å². The number of hydrogen-bond donors (Lipinski definition) is 4. The van der Waals surface area contributed by atoms with Gasteiger partial charge in [-0.3, -0.25) is 10.4 Å². The molecule has 0 fully saturated rings. The van der Waals surface area contributed by atoms with Gasteiger partial charge in [-0.1, -0.05) is 24.3 Å². The third-order valence-electron chi connectivity index (χ3n) is 4.11. The van der Waals surface area contributed by atoms with Crippen LogP contribution in [0.3, 0.4) is 0 Å². The topological polar surface area (TPSA) is 116 Å². The van der Waals surface area contributed by atoms with E-state index in [1.807, 2.05) is 42.5 Å². The van der Waals surface area contributed by atoms with Crippen LogP contribution in [0.1, 0.15) is 16.8 Å². The van der Waals surface area contributed by atoms with Crippen LogP contribution in [0.4, 0.5) is 11.6 Å². The van der Waals surface area contributed by atoms with E-state index < -0.39 is 0 Å². The summed E-state index contributed by atoms with van der Waals surface area (Å²) < 4.78 is 0. The van der Waals surface area contributed by atoms with Crippen LogP contribution < -0.4 is 11.1 Å². The summed E-state index contributed by atoms with van der Waals surface area (Å²) in [5.74, 6) is 0.780. The van der Waals surface area contributed by atoms with Crippen molar-refractivity contribution < 1.29 is 0 Å². The van der Waals surface area contributed by atoms with Gasteiger partial charge in [0.2, 0.25) is 0 Å². The minimum atomic E-state index is 0.244. The van der Waals surface area contributed by atoms with Crippen molar-refractivity contribution in [1.82, 2.24) is 19.9 Å². The summed E-state index contributed by atoms with van der Waals surface area (Å²) >= 11 is 0. The summed E-state index contributed by atoms with van der Waals surface area (Å²) in [5, 5.41) is 12.9. The van der Waals surface area contributed by atoms with Gasteiger partial charge in [0.1, 0.15) is 18.0 Å². The van der Waals surface area contributed by atoms with Crippen molar-refractivity contribution in [2.45, 2.75) is 6.54 Å². The zero-order valence-electron chi connectivity index (χ0n) is 13.9. The van der Waals surface area contributed by atoms with Crippen LogP contribution in [-0.4, -0.2) is 25.6 Å². The SMILES string of the molecule is N=C(c1cc2ccccc2[nH]1)c1c(N)ncnc1NCc1cccnc1. The lowest BCUT2D eigenvalue weighted by molar-refractivity contribution is 1.06. The number of nitrogens with zero attached hydrogens (tertiary/aromatic N) is 3. The second-order valence-corrected chi connectivity index (χ2v) is 5.84. The van der Waals surface area contributed by atoms with Crippen molar-refractivity contribution >= 4 is 28.3 Å². The summed E-state index contributed by atoms with van der Waals surface area (Å²) in [4.78, 5) is 15.7. The van der Waals surface area contributed by atoms with Crippen LogP contribution in [0.5, 0.6) is 0 Å². The number of rotatable bonds is 5. The maximum absolute atomic E-state index is 8.62. The Hall–Kier alpha value is -3.74. The molecule has 0 bridgehead atoms. The quantitative estimate of drug-likeness (QED) is 0.416. The van der Waals surface area contributed by atoms with Crippen molar-refractivity contribution in [3.05, 3.63) is 78.0 Å². The number of nitrogens with one attached hydrogen (secondary N) is 3. The molecule has 0 aliphatic rings. The maximum Gasteiger partial charge on any atom is 0.141 e. The Morgan fingerprint density at radius 1 is 1.15 bits per heavy atom. The fourth-order valence-corrected chi connectivity index (χ4v) is 2.81. The van der Waals surface area contributed by atoms with Gasteiger partial charge in [0.15, 0.2) is 0 Å². The van der Waals surface area contributed by atoms with E-state index in [1.54, 1.807) is 12.4 Å². The first kappa shape index (κ1) is 15.8. The summed E-state index contributed by atoms with van der Waals surface area (Å²) in [7, 11) is 0. The smallest absolute Gasteiger partial charge is 0.141 e. The van der Waals surface area contributed by atoms with Crippen molar-refractivity contribution in [1.29, 1.82) is 5.41 Å².